The van der Waals surface area contributed by atoms with Gasteiger partial charge in [0, 0.05) is 27.4 Å². The minimum Gasteiger partial charge on any atom is -0.325 e. The highest BCUT2D eigenvalue weighted by Crippen LogP contribution is 2.26. The number of amides is 3. The number of thioether (sulfide) groups is 1. The summed E-state index contributed by atoms with van der Waals surface area (Å²) in [6, 6.07) is 24.0. The van der Waals surface area contributed by atoms with Crippen molar-refractivity contribution in [2.24, 2.45) is 0 Å². The molecule has 6 nitrogen and oxygen atoms in total. The monoisotopic (exact) mass is 627 g/mol. The van der Waals surface area contributed by atoms with E-state index in [1.165, 1.54) is 36.0 Å². The third kappa shape index (κ3) is 8.58. The summed E-state index contributed by atoms with van der Waals surface area (Å²) in [6.45, 7) is 0. The van der Waals surface area contributed by atoms with E-state index in [1.54, 1.807) is 72.8 Å². The highest BCUT2D eigenvalue weighted by atomic mass is 35.5. The lowest BCUT2D eigenvalue weighted by Crippen LogP contribution is -2.30. The Morgan fingerprint density at radius 1 is 0.756 bits per heavy atom. The van der Waals surface area contributed by atoms with Crippen LogP contribution in [-0.4, -0.2) is 23.5 Å². The fourth-order valence-corrected chi connectivity index (χ4v) is 4.70. The molecule has 0 saturated heterocycles. The van der Waals surface area contributed by atoms with Crippen LogP contribution in [0.4, 0.5) is 15.8 Å². The van der Waals surface area contributed by atoms with E-state index >= 15 is 0 Å². The van der Waals surface area contributed by atoms with Crippen LogP contribution in [0.1, 0.15) is 15.9 Å². The number of benzene rings is 4. The molecule has 0 aliphatic carbocycles. The highest BCUT2D eigenvalue weighted by molar-refractivity contribution is 8.00. The van der Waals surface area contributed by atoms with E-state index in [0.717, 1.165) is 4.90 Å². The summed E-state index contributed by atoms with van der Waals surface area (Å²) in [5.74, 6) is -1.99. The molecule has 4 aromatic rings. The lowest BCUT2D eigenvalue weighted by atomic mass is 10.1. The first kappa shape index (κ1) is 30.1. The Kier molecular flexibility index (Phi) is 10.4. The van der Waals surface area contributed by atoms with Gasteiger partial charge in [-0.2, -0.15) is 0 Å². The molecule has 0 aromatic heterocycles. The minimum atomic E-state index is -0.685. The van der Waals surface area contributed by atoms with Gasteiger partial charge in [0.05, 0.1) is 20.8 Å². The van der Waals surface area contributed by atoms with Crippen molar-refractivity contribution in [2.45, 2.75) is 4.90 Å². The first-order valence-electron chi connectivity index (χ1n) is 12.0. The maximum atomic E-state index is 14.5. The van der Waals surface area contributed by atoms with Crippen LogP contribution in [-0.2, 0) is 9.59 Å². The fraction of sp³-hybridized carbons (Fsp3) is 0.0333. The van der Waals surface area contributed by atoms with Gasteiger partial charge in [-0.05, 0) is 72.8 Å². The predicted molar refractivity (Wildman–Crippen MR) is 164 cm³/mol. The Morgan fingerprint density at radius 3 is 2.15 bits per heavy atom. The topological polar surface area (TPSA) is 87.3 Å². The molecule has 208 valence electrons. The van der Waals surface area contributed by atoms with Gasteiger partial charge in [0.15, 0.2) is 0 Å². The van der Waals surface area contributed by atoms with Crippen LogP contribution in [0.15, 0.2) is 102 Å². The van der Waals surface area contributed by atoms with Crippen molar-refractivity contribution in [1.29, 1.82) is 0 Å². The summed E-state index contributed by atoms with van der Waals surface area (Å²) in [4.78, 5) is 39.1. The average Bonchev–Trinajstić information content (AvgIpc) is 2.96. The van der Waals surface area contributed by atoms with Crippen LogP contribution in [0.2, 0.25) is 15.1 Å². The molecule has 0 saturated carbocycles. The number of hydrogen-bond donors (Lipinski definition) is 3. The Balaban J connectivity index is 1.43. The van der Waals surface area contributed by atoms with Gasteiger partial charge in [-0.25, -0.2) is 4.39 Å². The van der Waals surface area contributed by atoms with Gasteiger partial charge in [-0.3, -0.25) is 14.4 Å². The van der Waals surface area contributed by atoms with Gasteiger partial charge in [-0.15, -0.1) is 11.8 Å². The third-order valence-corrected chi connectivity index (χ3v) is 7.58. The predicted octanol–water partition coefficient (Wildman–Crippen LogP) is 7.93. The summed E-state index contributed by atoms with van der Waals surface area (Å²) in [5, 5.41) is 8.80. The number of nitrogens with one attached hydrogen (secondary N) is 3. The van der Waals surface area contributed by atoms with Crippen molar-refractivity contribution in [2.75, 3.05) is 16.4 Å². The molecule has 41 heavy (non-hydrogen) atoms. The van der Waals surface area contributed by atoms with E-state index in [1.807, 2.05) is 0 Å². The van der Waals surface area contributed by atoms with Crippen molar-refractivity contribution in [1.82, 2.24) is 5.32 Å². The molecule has 0 spiro atoms. The van der Waals surface area contributed by atoms with E-state index < -0.39 is 17.6 Å². The molecule has 3 N–H and O–H groups in total. The van der Waals surface area contributed by atoms with Crippen molar-refractivity contribution in [3.8, 4) is 0 Å². The summed E-state index contributed by atoms with van der Waals surface area (Å²) < 4.78 is 14.5. The first-order chi connectivity index (χ1) is 19.7. The standard InChI is InChI=1S/C30H21Cl3FN3O3S/c31-23-7-4-8-26(34)22(23)16-27(37-29(39)18-5-2-1-3-6-18)30(40)36-19-9-12-21(13-10-19)41-17-28(38)35-20-11-14-24(32)25(33)15-20/h1-16H,17H2,(H,35,38)(H,36,40)(H,37,39)/b27-16-. The van der Waals surface area contributed by atoms with Gasteiger partial charge in [-0.1, -0.05) is 59.1 Å². The van der Waals surface area contributed by atoms with Gasteiger partial charge < -0.3 is 16.0 Å². The molecular formula is C30H21Cl3FN3O3S. The smallest absolute Gasteiger partial charge is 0.272 e. The number of rotatable bonds is 9. The molecule has 0 bridgehead atoms. The fourth-order valence-electron chi connectivity index (χ4n) is 3.49. The molecule has 0 atom stereocenters. The second-order valence-electron chi connectivity index (χ2n) is 8.46. The van der Waals surface area contributed by atoms with Gasteiger partial charge in [0.2, 0.25) is 5.91 Å². The second-order valence-corrected chi connectivity index (χ2v) is 10.7. The zero-order chi connectivity index (χ0) is 29.4. The molecular weight excluding hydrogens is 608 g/mol. The summed E-state index contributed by atoms with van der Waals surface area (Å²) in [7, 11) is 0. The number of halogens is 4. The Hall–Kier alpha value is -3.82. The molecule has 3 amide bonds. The molecule has 11 heteroatoms. The zero-order valence-electron chi connectivity index (χ0n) is 21.1. The molecule has 0 heterocycles. The molecule has 0 aliphatic heterocycles. The zero-order valence-corrected chi connectivity index (χ0v) is 24.2. The van der Waals surface area contributed by atoms with Gasteiger partial charge in [0.1, 0.15) is 11.5 Å². The van der Waals surface area contributed by atoms with Crippen LogP contribution in [0, 0.1) is 5.82 Å². The van der Waals surface area contributed by atoms with Gasteiger partial charge >= 0.3 is 0 Å². The minimum absolute atomic E-state index is 0.0430. The maximum absolute atomic E-state index is 14.5. The SMILES string of the molecule is O=C(CSc1ccc(NC(=O)/C(=C/c2c(F)cccc2Cl)NC(=O)c2ccccc2)cc1)Nc1ccc(Cl)c(Cl)c1. The quantitative estimate of drug-likeness (QED) is 0.130. The molecule has 4 rings (SSSR count). The largest absolute Gasteiger partial charge is 0.325 e. The number of carbonyl (C=O) groups excluding carboxylic acids is 3. The Morgan fingerprint density at radius 2 is 1.46 bits per heavy atom. The summed E-state index contributed by atoms with van der Waals surface area (Å²) >= 11 is 19.3. The molecule has 0 fully saturated rings. The van der Waals surface area contributed by atoms with Crippen molar-refractivity contribution in [3.05, 3.63) is 129 Å². The van der Waals surface area contributed by atoms with E-state index in [4.69, 9.17) is 34.8 Å². The van der Waals surface area contributed by atoms with Crippen LogP contribution >= 0.6 is 46.6 Å². The highest BCUT2D eigenvalue weighted by Gasteiger charge is 2.17. The second kappa shape index (κ2) is 14.2. The van der Waals surface area contributed by atoms with Crippen molar-refractivity contribution in [3.63, 3.8) is 0 Å². The average molecular weight is 629 g/mol. The summed E-state index contributed by atoms with van der Waals surface area (Å²) in [6.07, 6.45) is 1.19. The van der Waals surface area contributed by atoms with E-state index in [2.05, 4.69) is 16.0 Å². The lowest BCUT2D eigenvalue weighted by molar-refractivity contribution is -0.114. The van der Waals surface area contributed by atoms with E-state index in [0.29, 0.717) is 27.0 Å². The summed E-state index contributed by atoms with van der Waals surface area (Å²) in [5.41, 5.74) is 1.01. The third-order valence-electron chi connectivity index (χ3n) is 5.50. The molecule has 0 unspecified atom stereocenters. The Bertz CT molecular complexity index is 1600. The van der Waals surface area contributed by atoms with Crippen LogP contribution in [0.25, 0.3) is 6.08 Å². The first-order valence-corrected chi connectivity index (χ1v) is 14.1. The maximum Gasteiger partial charge on any atom is 0.272 e. The molecule has 0 aliphatic rings. The lowest BCUT2D eigenvalue weighted by Gasteiger charge is -2.12. The number of carbonyl (C=O) groups is 3. The normalized spacial score (nSPS) is 11.1. The molecule has 0 radical (unpaired) electrons. The van der Waals surface area contributed by atoms with Crippen LogP contribution in [0.5, 0.6) is 0 Å². The Labute approximate surface area is 254 Å². The van der Waals surface area contributed by atoms with Gasteiger partial charge in [0.25, 0.3) is 11.8 Å². The van der Waals surface area contributed by atoms with Crippen LogP contribution in [0.3, 0.4) is 0 Å². The van der Waals surface area contributed by atoms with E-state index in [-0.39, 0.29) is 27.9 Å². The van der Waals surface area contributed by atoms with E-state index in [9.17, 15) is 18.8 Å². The molecule has 4 aromatic carbocycles. The number of anilines is 2. The van der Waals surface area contributed by atoms with Crippen LogP contribution < -0.4 is 16.0 Å². The number of hydrogen-bond acceptors (Lipinski definition) is 4. The van der Waals surface area contributed by atoms with Crippen molar-refractivity contribution >= 4 is 81.7 Å². The van der Waals surface area contributed by atoms with Crippen molar-refractivity contribution < 1.29 is 18.8 Å².